The Kier molecular flexibility index (Phi) is 8.56. The Morgan fingerprint density at radius 2 is 1.81 bits per heavy atom. The summed E-state index contributed by atoms with van der Waals surface area (Å²) in [4.78, 5) is 10.9. The summed E-state index contributed by atoms with van der Waals surface area (Å²) in [5, 5.41) is 8.99. The Morgan fingerprint density at radius 3 is 2.38 bits per heavy atom. The maximum Gasteiger partial charge on any atom is 0.303 e. The maximum absolute atomic E-state index is 10.9. The molecule has 118 valence electrons. The van der Waals surface area contributed by atoms with E-state index < -0.39 is 5.97 Å². The van der Waals surface area contributed by atoms with Crippen LogP contribution in [0.3, 0.4) is 0 Å². The molecule has 0 aliphatic heterocycles. The lowest BCUT2D eigenvalue weighted by molar-refractivity contribution is -0.137. The van der Waals surface area contributed by atoms with Crippen LogP contribution >= 0.6 is 0 Å². The topological polar surface area (TPSA) is 46.5 Å². The third-order valence-electron chi connectivity index (χ3n) is 3.68. The van der Waals surface area contributed by atoms with Gasteiger partial charge in [-0.3, -0.25) is 4.79 Å². The summed E-state index contributed by atoms with van der Waals surface area (Å²) in [6, 6.07) is 7.93. The molecule has 0 aromatic heterocycles. The maximum atomic E-state index is 10.9. The number of carbonyl (C=O) groups is 1. The van der Waals surface area contributed by atoms with E-state index in [-0.39, 0.29) is 12.3 Å². The lowest BCUT2D eigenvalue weighted by Crippen LogP contribution is -2.06. The number of benzene rings is 1. The summed E-state index contributed by atoms with van der Waals surface area (Å²) < 4.78 is 5.71. The van der Waals surface area contributed by atoms with Gasteiger partial charge in [-0.1, -0.05) is 51.7 Å². The van der Waals surface area contributed by atoms with Gasteiger partial charge in [-0.25, -0.2) is 0 Å². The van der Waals surface area contributed by atoms with Gasteiger partial charge in [0.15, 0.2) is 0 Å². The second kappa shape index (κ2) is 10.3. The van der Waals surface area contributed by atoms with Crippen LogP contribution in [0, 0.1) is 0 Å². The molecule has 1 atom stereocenters. The summed E-state index contributed by atoms with van der Waals surface area (Å²) in [6.07, 6.45) is 6.90. The Labute approximate surface area is 128 Å². The van der Waals surface area contributed by atoms with Crippen molar-refractivity contribution in [3.63, 3.8) is 0 Å². The number of ether oxygens (including phenoxy) is 1. The fourth-order valence-corrected chi connectivity index (χ4v) is 2.50. The minimum atomic E-state index is -0.732. The van der Waals surface area contributed by atoms with Crippen molar-refractivity contribution >= 4 is 5.97 Å². The summed E-state index contributed by atoms with van der Waals surface area (Å²) in [7, 11) is 0. The average molecular weight is 292 g/mol. The highest BCUT2D eigenvalue weighted by Crippen LogP contribution is 2.26. The second-order valence-corrected chi connectivity index (χ2v) is 5.56. The van der Waals surface area contributed by atoms with Crippen molar-refractivity contribution in [2.24, 2.45) is 0 Å². The van der Waals surface area contributed by atoms with Crippen LogP contribution in [-0.2, 0) is 4.79 Å². The van der Waals surface area contributed by atoms with Crippen LogP contribution in [-0.4, -0.2) is 17.7 Å². The quantitative estimate of drug-likeness (QED) is 0.583. The lowest BCUT2D eigenvalue weighted by Gasteiger charge is -2.15. The predicted molar refractivity (Wildman–Crippen MR) is 86.0 cm³/mol. The standard InChI is InChI=1S/C18H28O3/c1-3-5-6-7-13-21-17-11-9-15(10-12-17)16(8-4-2)14-18(19)20/h9-12,16H,3-8,13-14H2,1-2H3,(H,19,20). The Balaban J connectivity index is 2.49. The average Bonchev–Trinajstić information content (AvgIpc) is 2.47. The summed E-state index contributed by atoms with van der Waals surface area (Å²) in [6.45, 7) is 5.04. The molecule has 0 aliphatic rings. The van der Waals surface area contributed by atoms with Gasteiger partial charge in [-0.15, -0.1) is 0 Å². The number of hydrogen-bond acceptors (Lipinski definition) is 2. The molecule has 1 unspecified atom stereocenters. The van der Waals surface area contributed by atoms with Crippen molar-refractivity contribution in [3.8, 4) is 5.75 Å². The molecule has 0 spiro atoms. The predicted octanol–water partition coefficient (Wildman–Crippen LogP) is 5.00. The van der Waals surface area contributed by atoms with Crippen LogP contribution in [0.2, 0.25) is 0 Å². The van der Waals surface area contributed by atoms with E-state index in [1.807, 2.05) is 24.3 Å². The van der Waals surface area contributed by atoms with E-state index in [0.29, 0.717) is 0 Å². The molecule has 3 nitrogen and oxygen atoms in total. The largest absolute Gasteiger partial charge is 0.494 e. The zero-order chi connectivity index (χ0) is 15.5. The fraction of sp³-hybridized carbons (Fsp3) is 0.611. The van der Waals surface area contributed by atoms with E-state index >= 15 is 0 Å². The minimum Gasteiger partial charge on any atom is -0.494 e. The van der Waals surface area contributed by atoms with E-state index in [0.717, 1.165) is 37.2 Å². The highest BCUT2D eigenvalue weighted by atomic mass is 16.5. The molecule has 0 saturated carbocycles. The number of hydrogen-bond donors (Lipinski definition) is 1. The Bertz CT molecular complexity index is 397. The van der Waals surface area contributed by atoms with Gasteiger partial charge in [-0.05, 0) is 36.5 Å². The molecular formula is C18H28O3. The van der Waals surface area contributed by atoms with Crippen LogP contribution in [0.15, 0.2) is 24.3 Å². The lowest BCUT2D eigenvalue weighted by atomic mass is 9.91. The second-order valence-electron chi connectivity index (χ2n) is 5.56. The van der Waals surface area contributed by atoms with Crippen molar-refractivity contribution in [1.29, 1.82) is 0 Å². The first-order valence-corrected chi connectivity index (χ1v) is 8.11. The van der Waals surface area contributed by atoms with Crippen molar-refractivity contribution < 1.29 is 14.6 Å². The van der Waals surface area contributed by atoms with E-state index in [2.05, 4.69) is 13.8 Å². The summed E-state index contributed by atoms with van der Waals surface area (Å²) in [5.41, 5.74) is 1.09. The van der Waals surface area contributed by atoms with Gasteiger partial charge in [0.2, 0.25) is 0 Å². The number of unbranched alkanes of at least 4 members (excludes halogenated alkanes) is 3. The van der Waals surface area contributed by atoms with Crippen molar-refractivity contribution in [2.45, 2.75) is 64.7 Å². The van der Waals surface area contributed by atoms with Crippen molar-refractivity contribution in [2.75, 3.05) is 6.61 Å². The number of rotatable bonds is 11. The van der Waals surface area contributed by atoms with E-state index in [4.69, 9.17) is 9.84 Å². The molecular weight excluding hydrogens is 264 g/mol. The molecule has 1 aromatic rings. The molecule has 3 heteroatoms. The third-order valence-corrected chi connectivity index (χ3v) is 3.68. The molecule has 0 amide bonds. The van der Waals surface area contributed by atoms with E-state index in [1.54, 1.807) is 0 Å². The number of carboxylic acids is 1. The molecule has 0 radical (unpaired) electrons. The highest BCUT2D eigenvalue weighted by molar-refractivity contribution is 5.68. The summed E-state index contributed by atoms with van der Waals surface area (Å²) in [5.74, 6) is 0.247. The normalized spacial score (nSPS) is 12.1. The molecule has 1 aromatic carbocycles. The molecule has 1 N–H and O–H groups in total. The van der Waals surface area contributed by atoms with Gasteiger partial charge < -0.3 is 9.84 Å². The molecule has 0 bridgehead atoms. The van der Waals surface area contributed by atoms with E-state index in [9.17, 15) is 4.79 Å². The van der Waals surface area contributed by atoms with Crippen LogP contribution in [0.1, 0.15) is 70.3 Å². The smallest absolute Gasteiger partial charge is 0.303 e. The number of carboxylic acid groups (broad SMARTS) is 1. The van der Waals surface area contributed by atoms with E-state index in [1.165, 1.54) is 19.3 Å². The highest BCUT2D eigenvalue weighted by Gasteiger charge is 2.14. The van der Waals surface area contributed by atoms with Crippen LogP contribution < -0.4 is 4.74 Å². The van der Waals surface area contributed by atoms with Gasteiger partial charge >= 0.3 is 5.97 Å². The van der Waals surface area contributed by atoms with Gasteiger partial charge in [-0.2, -0.15) is 0 Å². The molecule has 1 rings (SSSR count). The van der Waals surface area contributed by atoms with Gasteiger partial charge in [0.1, 0.15) is 5.75 Å². The van der Waals surface area contributed by atoms with Gasteiger partial charge in [0.25, 0.3) is 0 Å². The van der Waals surface area contributed by atoms with Crippen LogP contribution in [0.25, 0.3) is 0 Å². The molecule has 0 saturated heterocycles. The Hall–Kier alpha value is -1.51. The van der Waals surface area contributed by atoms with Crippen LogP contribution in [0.5, 0.6) is 5.75 Å². The summed E-state index contributed by atoms with van der Waals surface area (Å²) >= 11 is 0. The number of aliphatic carboxylic acids is 1. The van der Waals surface area contributed by atoms with Gasteiger partial charge in [0, 0.05) is 0 Å². The van der Waals surface area contributed by atoms with Crippen LogP contribution in [0.4, 0.5) is 0 Å². The van der Waals surface area contributed by atoms with Crippen molar-refractivity contribution in [3.05, 3.63) is 29.8 Å². The minimum absolute atomic E-state index is 0.103. The SMILES string of the molecule is CCCCCCOc1ccc(C(CCC)CC(=O)O)cc1. The fourth-order valence-electron chi connectivity index (χ4n) is 2.50. The first-order valence-electron chi connectivity index (χ1n) is 8.11. The monoisotopic (exact) mass is 292 g/mol. The van der Waals surface area contributed by atoms with Gasteiger partial charge in [0.05, 0.1) is 13.0 Å². The molecule has 0 heterocycles. The first kappa shape index (κ1) is 17.5. The Morgan fingerprint density at radius 1 is 1.10 bits per heavy atom. The third kappa shape index (κ3) is 7.16. The molecule has 0 fully saturated rings. The first-order chi connectivity index (χ1) is 10.2. The van der Waals surface area contributed by atoms with Crippen molar-refractivity contribution in [1.82, 2.24) is 0 Å². The zero-order valence-electron chi connectivity index (χ0n) is 13.3. The molecule has 21 heavy (non-hydrogen) atoms. The molecule has 0 aliphatic carbocycles. The zero-order valence-corrected chi connectivity index (χ0v) is 13.3.